The van der Waals surface area contributed by atoms with Crippen molar-refractivity contribution in [2.45, 2.75) is 25.4 Å². The minimum absolute atomic E-state index is 0.832. The van der Waals surface area contributed by atoms with Crippen molar-refractivity contribution in [1.82, 2.24) is 0 Å². The van der Waals surface area contributed by atoms with Gasteiger partial charge in [-0.05, 0) is 6.58 Å². The molecule has 0 fully saturated rings. The summed E-state index contributed by atoms with van der Waals surface area (Å²) >= 11 is 0. The van der Waals surface area contributed by atoms with Crippen LogP contribution < -0.4 is 0 Å². The van der Waals surface area contributed by atoms with E-state index in [-0.39, 0.29) is 0 Å². The Balaban J connectivity index is 4.48. The van der Waals surface area contributed by atoms with Crippen LogP contribution in [-0.4, -0.2) is 12.0 Å². The predicted octanol–water partition coefficient (Wildman–Crippen LogP) is 3.08. The summed E-state index contributed by atoms with van der Waals surface area (Å²) in [6, 6.07) is -1.94. The summed E-state index contributed by atoms with van der Waals surface area (Å²) in [6.07, 6.45) is -5.99. The molecule has 0 aliphatic rings. The van der Waals surface area contributed by atoms with E-state index < -0.39 is 24.5 Å². The first-order chi connectivity index (χ1) is 5.23. The quantitative estimate of drug-likeness (QED) is 0.489. The molecule has 0 atom stereocenters. The molecule has 6 heteroatoms. The van der Waals surface area contributed by atoms with Crippen molar-refractivity contribution in [2.75, 3.05) is 0 Å². The highest BCUT2D eigenvalue weighted by Gasteiger charge is 2.58. The highest BCUT2D eigenvalue weighted by molar-refractivity contribution is 4.79. The van der Waals surface area contributed by atoms with E-state index in [9.17, 15) is 22.0 Å². The first-order valence-electron chi connectivity index (χ1n) is 3.02. The van der Waals surface area contributed by atoms with Crippen LogP contribution in [0.1, 0.15) is 13.3 Å². The Hall–Kier alpha value is -0.810. The normalized spacial score (nSPS) is 12.8. The van der Waals surface area contributed by atoms with Crippen molar-refractivity contribution >= 4 is 0 Å². The van der Waals surface area contributed by atoms with E-state index in [1.165, 1.54) is 0 Å². The summed E-state index contributed by atoms with van der Waals surface area (Å²) in [5.41, 5.74) is 0. The third-order valence-corrected chi connectivity index (χ3v) is 1.11. The van der Waals surface area contributed by atoms with Gasteiger partial charge >= 0.3 is 12.0 Å². The summed E-state index contributed by atoms with van der Waals surface area (Å²) in [5, 5.41) is 0. The lowest BCUT2D eigenvalue weighted by atomic mass is 10.2. The molecule has 1 nitrogen and oxygen atoms in total. The fourth-order valence-electron chi connectivity index (χ4n) is 0.420. The van der Waals surface area contributed by atoms with Crippen LogP contribution in [0.4, 0.5) is 22.0 Å². The van der Waals surface area contributed by atoms with Crippen molar-refractivity contribution in [3.8, 4) is 0 Å². The topological polar surface area (TPSA) is 9.23 Å². The largest absolute Gasteiger partial charge is 0.465 e. The zero-order chi connectivity index (χ0) is 9.99. The van der Waals surface area contributed by atoms with E-state index in [0.717, 1.165) is 6.92 Å². The molecule has 0 unspecified atom stereocenters. The fourth-order valence-corrected chi connectivity index (χ4v) is 0.420. The molecule has 0 heterocycles. The van der Waals surface area contributed by atoms with E-state index in [1.54, 1.807) is 0 Å². The van der Waals surface area contributed by atoms with Crippen LogP contribution in [0.5, 0.6) is 0 Å². The number of alkyl halides is 4. The van der Waals surface area contributed by atoms with Crippen molar-refractivity contribution in [2.24, 2.45) is 0 Å². The molecule has 0 aromatic rings. The molecular formula is C6H7F5O. The molecule has 0 aliphatic heterocycles. The van der Waals surface area contributed by atoms with E-state index in [2.05, 4.69) is 11.3 Å². The Labute approximate surface area is 65.8 Å². The van der Waals surface area contributed by atoms with Crippen molar-refractivity contribution in [1.29, 1.82) is 0 Å². The van der Waals surface area contributed by atoms with Gasteiger partial charge in [0.25, 0.3) is 6.01 Å². The molecule has 0 saturated carbocycles. The van der Waals surface area contributed by atoms with Gasteiger partial charge in [0.15, 0.2) is 0 Å². The average molecular weight is 190 g/mol. The van der Waals surface area contributed by atoms with E-state index in [0.29, 0.717) is 0 Å². The molecular weight excluding hydrogens is 183 g/mol. The van der Waals surface area contributed by atoms with Gasteiger partial charge in [-0.3, -0.25) is 0 Å². The molecule has 0 aromatic heterocycles. The van der Waals surface area contributed by atoms with Crippen LogP contribution in [0.3, 0.4) is 0 Å². The maximum absolute atomic E-state index is 12.2. The third kappa shape index (κ3) is 2.35. The first kappa shape index (κ1) is 11.2. The molecule has 0 spiro atoms. The van der Waals surface area contributed by atoms with Crippen molar-refractivity contribution in [3.63, 3.8) is 0 Å². The zero-order valence-corrected chi connectivity index (χ0v) is 6.21. The first-order valence-corrected chi connectivity index (χ1v) is 3.02. The van der Waals surface area contributed by atoms with Gasteiger partial charge in [0.2, 0.25) is 0 Å². The average Bonchev–Trinajstić information content (AvgIpc) is 1.84. The Morgan fingerprint density at radius 1 is 1.33 bits per heavy atom. The van der Waals surface area contributed by atoms with Gasteiger partial charge in [0.05, 0.1) is 0 Å². The lowest BCUT2D eigenvalue weighted by Gasteiger charge is -2.23. The molecule has 0 rings (SSSR count). The van der Waals surface area contributed by atoms with Crippen LogP contribution in [0.25, 0.3) is 0 Å². The molecule has 0 aliphatic carbocycles. The summed E-state index contributed by atoms with van der Waals surface area (Å²) in [7, 11) is 0. The number of ether oxygens (including phenoxy) is 1. The van der Waals surface area contributed by atoms with Gasteiger partial charge in [-0.25, -0.2) is 0 Å². The highest BCUT2D eigenvalue weighted by atomic mass is 19.3. The lowest BCUT2D eigenvalue weighted by molar-refractivity contribution is -0.339. The Bertz CT molecular complexity index is 177. The van der Waals surface area contributed by atoms with E-state index >= 15 is 0 Å². The second-order valence-corrected chi connectivity index (χ2v) is 2.03. The summed E-state index contributed by atoms with van der Waals surface area (Å²) in [5.74, 6) is -4.39. The summed E-state index contributed by atoms with van der Waals surface area (Å²) in [6.45, 7) is 3.12. The van der Waals surface area contributed by atoms with Gasteiger partial charge in [-0.1, -0.05) is 6.92 Å². The molecule has 0 N–H and O–H groups in total. The van der Waals surface area contributed by atoms with Gasteiger partial charge in [0, 0.05) is 6.42 Å². The minimum Gasteiger partial charge on any atom is -0.402 e. The monoisotopic (exact) mass is 190 g/mol. The van der Waals surface area contributed by atoms with Crippen LogP contribution in [0.2, 0.25) is 0 Å². The lowest BCUT2D eigenvalue weighted by Crippen LogP contribution is -2.41. The van der Waals surface area contributed by atoms with E-state index in [4.69, 9.17) is 0 Å². The molecule has 0 radical (unpaired) electrons. The van der Waals surface area contributed by atoms with Crippen LogP contribution >= 0.6 is 0 Å². The molecule has 0 amide bonds. The summed E-state index contributed by atoms with van der Waals surface area (Å²) < 4.78 is 63.4. The highest BCUT2D eigenvalue weighted by Crippen LogP contribution is 2.38. The molecule has 12 heavy (non-hydrogen) atoms. The number of rotatable bonds is 4. The summed E-state index contributed by atoms with van der Waals surface area (Å²) in [4.78, 5) is 0. The number of hydrogen-bond donors (Lipinski definition) is 0. The van der Waals surface area contributed by atoms with Crippen LogP contribution in [-0.2, 0) is 4.74 Å². The number of hydrogen-bond acceptors (Lipinski definition) is 1. The fraction of sp³-hybridized carbons (Fsp3) is 0.667. The Kier molecular flexibility index (Phi) is 3.06. The van der Waals surface area contributed by atoms with Crippen LogP contribution in [0.15, 0.2) is 12.6 Å². The third-order valence-electron chi connectivity index (χ3n) is 1.11. The van der Waals surface area contributed by atoms with Gasteiger partial charge in [-0.2, -0.15) is 22.0 Å². The standard InChI is InChI=1S/C6H7F5O/c1-3-5(8,9)6(10,11)12-4(2)7/h2-3H2,1H3. The van der Waals surface area contributed by atoms with Crippen molar-refractivity contribution in [3.05, 3.63) is 12.6 Å². The minimum atomic E-state index is -4.84. The van der Waals surface area contributed by atoms with Gasteiger partial charge in [-0.15, -0.1) is 0 Å². The second-order valence-electron chi connectivity index (χ2n) is 2.03. The molecule has 0 aromatic carbocycles. The van der Waals surface area contributed by atoms with Gasteiger partial charge < -0.3 is 4.74 Å². The molecule has 0 saturated heterocycles. The predicted molar refractivity (Wildman–Crippen MR) is 31.5 cm³/mol. The second kappa shape index (κ2) is 3.28. The maximum atomic E-state index is 12.2. The zero-order valence-electron chi connectivity index (χ0n) is 6.21. The Morgan fingerprint density at radius 2 is 1.75 bits per heavy atom. The SMILES string of the molecule is C=C(F)OC(F)(F)C(F)(F)CC. The molecule has 72 valence electrons. The number of halogens is 5. The smallest absolute Gasteiger partial charge is 0.402 e. The van der Waals surface area contributed by atoms with Crippen molar-refractivity contribution < 1.29 is 26.7 Å². The van der Waals surface area contributed by atoms with E-state index in [1.807, 2.05) is 0 Å². The molecule has 0 bridgehead atoms. The Morgan fingerprint density at radius 3 is 2.00 bits per heavy atom. The van der Waals surface area contributed by atoms with Crippen LogP contribution in [0, 0.1) is 0 Å². The maximum Gasteiger partial charge on any atom is 0.465 e. The van der Waals surface area contributed by atoms with Gasteiger partial charge in [0.1, 0.15) is 0 Å².